The van der Waals surface area contributed by atoms with Crippen molar-refractivity contribution < 1.29 is 9.18 Å². The molecule has 27 heavy (non-hydrogen) atoms. The molecule has 0 unspecified atom stereocenters. The lowest BCUT2D eigenvalue weighted by Gasteiger charge is -2.13. The number of ketones is 1. The summed E-state index contributed by atoms with van der Waals surface area (Å²) in [5.41, 5.74) is 5.33. The van der Waals surface area contributed by atoms with Crippen molar-refractivity contribution >= 4 is 17.2 Å². The number of carbonyl (C=O) groups is 1. The highest BCUT2D eigenvalue weighted by Crippen LogP contribution is 2.22. The quantitative estimate of drug-likeness (QED) is 0.649. The third-order valence-corrected chi connectivity index (χ3v) is 4.65. The number of aromatic nitrogens is 1. The standard InChI is InChI=1S/C22H24FN3O/c1-15-13-21(16(2)26(15)20-9-5-17(23)6-10-20)22(27)14-24-18-7-11-19(12-8-18)25(3)4/h5-13,24H,14H2,1-4H3. The smallest absolute Gasteiger partial charge is 0.183 e. The minimum Gasteiger partial charge on any atom is -0.378 e. The van der Waals surface area contributed by atoms with Crippen LogP contribution < -0.4 is 10.2 Å². The molecule has 0 aliphatic heterocycles. The Kier molecular flexibility index (Phi) is 5.31. The van der Waals surface area contributed by atoms with Crippen LogP contribution in [0.2, 0.25) is 0 Å². The lowest BCUT2D eigenvalue weighted by atomic mass is 10.1. The molecule has 0 saturated heterocycles. The molecule has 0 spiro atoms. The summed E-state index contributed by atoms with van der Waals surface area (Å²) in [5.74, 6) is -0.254. The van der Waals surface area contributed by atoms with Crippen LogP contribution >= 0.6 is 0 Å². The van der Waals surface area contributed by atoms with E-state index in [1.807, 2.05) is 67.7 Å². The highest BCUT2D eigenvalue weighted by molar-refractivity contribution is 6.00. The first kappa shape index (κ1) is 18.7. The van der Waals surface area contributed by atoms with Gasteiger partial charge in [-0.3, -0.25) is 4.79 Å². The van der Waals surface area contributed by atoms with Gasteiger partial charge in [-0.2, -0.15) is 0 Å². The fourth-order valence-corrected chi connectivity index (χ4v) is 3.19. The van der Waals surface area contributed by atoms with E-state index in [4.69, 9.17) is 0 Å². The maximum absolute atomic E-state index is 13.2. The summed E-state index contributed by atoms with van der Waals surface area (Å²) in [4.78, 5) is 14.7. The Hall–Kier alpha value is -3.08. The summed E-state index contributed by atoms with van der Waals surface area (Å²) in [6.07, 6.45) is 0. The van der Waals surface area contributed by atoms with Crippen LogP contribution in [0, 0.1) is 19.7 Å². The van der Waals surface area contributed by atoms with E-state index in [2.05, 4.69) is 5.32 Å². The van der Waals surface area contributed by atoms with Crippen molar-refractivity contribution in [3.63, 3.8) is 0 Å². The Morgan fingerprint density at radius 1 is 1.04 bits per heavy atom. The molecule has 3 rings (SSSR count). The average Bonchev–Trinajstić information content (AvgIpc) is 2.95. The van der Waals surface area contributed by atoms with E-state index in [1.54, 1.807) is 12.1 Å². The number of nitrogens with zero attached hydrogens (tertiary/aromatic N) is 2. The van der Waals surface area contributed by atoms with Gasteiger partial charge < -0.3 is 14.8 Å². The number of benzene rings is 2. The average molecular weight is 365 g/mol. The van der Waals surface area contributed by atoms with Crippen LogP contribution in [0.1, 0.15) is 21.7 Å². The van der Waals surface area contributed by atoms with Gasteiger partial charge in [0.25, 0.3) is 0 Å². The molecule has 1 N–H and O–H groups in total. The van der Waals surface area contributed by atoms with Gasteiger partial charge in [-0.05, 0) is 68.4 Å². The van der Waals surface area contributed by atoms with Crippen molar-refractivity contribution in [2.75, 3.05) is 30.9 Å². The summed E-state index contributed by atoms with van der Waals surface area (Å²) in [7, 11) is 3.98. The van der Waals surface area contributed by atoms with Gasteiger partial charge in [0, 0.05) is 48.1 Å². The van der Waals surface area contributed by atoms with Crippen LogP contribution in [0.4, 0.5) is 15.8 Å². The number of anilines is 2. The second-order valence-electron chi connectivity index (χ2n) is 6.81. The summed E-state index contributed by atoms with van der Waals surface area (Å²) >= 11 is 0. The molecule has 2 aromatic carbocycles. The second kappa shape index (κ2) is 7.66. The Morgan fingerprint density at radius 2 is 1.67 bits per heavy atom. The maximum Gasteiger partial charge on any atom is 0.183 e. The van der Waals surface area contributed by atoms with Gasteiger partial charge in [0.05, 0.1) is 6.54 Å². The summed E-state index contributed by atoms with van der Waals surface area (Å²) in [6, 6.07) is 16.1. The summed E-state index contributed by atoms with van der Waals surface area (Å²) < 4.78 is 15.2. The minimum atomic E-state index is -0.276. The van der Waals surface area contributed by atoms with Gasteiger partial charge in [-0.1, -0.05) is 0 Å². The zero-order valence-corrected chi connectivity index (χ0v) is 16.1. The zero-order valence-electron chi connectivity index (χ0n) is 16.1. The molecule has 3 aromatic rings. The monoisotopic (exact) mass is 365 g/mol. The van der Waals surface area contributed by atoms with Gasteiger partial charge in [-0.25, -0.2) is 4.39 Å². The SMILES string of the molecule is Cc1cc(C(=O)CNc2ccc(N(C)C)cc2)c(C)n1-c1ccc(F)cc1. The lowest BCUT2D eigenvalue weighted by Crippen LogP contribution is -2.15. The van der Waals surface area contributed by atoms with Crippen molar-refractivity contribution in [2.24, 2.45) is 0 Å². The highest BCUT2D eigenvalue weighted by atomic mass is 19.1. The topological polar surface area (TPSA) is 37.3 Å². The Labute approximate surface area is 159 Å². The third-order valence-electron chi connectivity index (χ3n) is 4.65. The van der Waals surface area contributed by atoms with Crippen molar-refractivity contribution in [3.8, 4) is 5.69 Å². The van der Waals surface area contributed by atoms with Gasteiger partial charge in [0.1, 0.15) is 5.82 Å². The first-order valence-corrected chi connectivity index (χ1v) is 8.86. The number of nitrogens with one attached hydrogen (secondary N) is 1. The first-order valence-electron chi connectivity index (χ1n) is 8.86. The first-order chi connectivity index (χ1) is 12.9. The van der Waals surface area contributed by atoms with Crippen LogP contribution in [0.25, 0.3) is 5.69 Å². The molecule has 140 valence electrons. The van der Waals surface area contributed by atoms with Gasteiger partial charge in [0.2, 0.25) is 0 Å². The fraction of sp³-hybridized carbons (Fsp3) is 0.227. The van der Waals surface area contributed by atoms with E-state index in [9.17, 15) is 9.18 Å². The van der Waals surface area contributed by atoms with Crippen molar-refractivity contribution in [3.05, 3.63) is 77.4 Å². The Balaban J connectivity index is 1.75. The highest BCUT2D eigenvalue weighted by Gasteiger charge is 2.16. The number of hydrogen-bond acceptors (Lipinski definition) is 3. The maximum atomic E-state index is 13.2. The van der Waals surface area contributed by atoms with Crippen molar-refractivity contribution in [2.45, 2.75) is 13.8 Å². The van der Waals surface area contributed by atoms with Crippen LogP contribution in [-0.2, 0) is 0 Å². The van der Waals surface area contributed by atoms with Gasteiger partial charge >= 0.3 is 0 Å². The minimum absolute atomic E-state index is 0.0214. The molecule has 0 fully saturated rings. The van der Waals surface area contributed by atoms with Crippen LogP contribution in [-0.4, -0.2) is 31.0 Å². The predicted molar refractivity (Wildman–Crippen MR) is 109 cm³/mol. The van der Waals surface area contributed by atoms with E-state index in [0.29, 0.717) is 5.56 Å². The zero-order chi connectivity index (χ0) is 19.6. The summed E-state index contributed by atoms with van der Waals surface area (Å²) in [5, 5.41) is 3.19. The summed E-state index contributed by atoms with van der Waals surface area (Å²) in [6.45, 7) is 4.07. The Morgan fingerprint density at radius 3 is 2.26 bits per heavy atom. The van der Waals surface area contributed by atoms with E-state index in [0.717, 1.165) is 28.5 Å². The van der Waals surface area contributed by atoms with Crippen LogP contribution in [0.3, 0.4) is 0 Å². The molecule has 0 amide bonds. The number of rotatable bonds is 6. The van der Waals surface area contributed by atoms with Crippen LogP contribution in [0.15, 0.2) is 54.6 Å². The van der Waals surface area contributed by atoms with Gasteiger partial charge in [0.15, 0.2) is 5.78 Å². The lowest BCUT2D eigenvalue weighted by molar-refractivity contribution is 0.101. The predicted octanol–water partition coefficient (Wildman–Crippen LogP) is 4.59. The molecule has 0 radical (unpaired) electrons. The molecule has 0 bridgehead atoms. The molecule has 5 heteroatoms. The van der Waals surface area contributed by atoms with Crippen molar-refractivity contribution in [1.29, 1.82) is 0 Å². The molecule has 1 aromatic heterocycles. The van der Waals surface area contributed by atoms with Gasteiger partial charge in [-0.15, -0.1) is 0 Å². The molecular weight excluding hydrogens is 341 g/mol. The second-order valence-corrected chi connectivity index (χ2v) is 6.81. The molecule has 0 saturated carbocycles. The van der Waals surface area contributed by atoms with E-state index >= 15 is 0 Å². The molecule has 0 aliphatic rings. The largest absolute Gasteiger partial charge is 0.378 e. The Bertz CT molecular complexity index is 941. The normalized spacial score (nSPS) is 10.7. The van der Waals surface area contributed by atoms with Crippen LogP contribution in [0.5, 0.6) is 0 Å². The van der Waals surface area contributed by atoms with E-state index in [-0.39, 0.29) is 18.1 Å². The molecule has 0 aliphatic carbocycles. The number of carbonyl (C=O) groups excluding carboxylic acids is 1. The van der Waals surface area contributed by atoms with Crippen molar-refractivity contribution in [1.82, 2.24) is 4.57 Å². The fourth-order valence-electron chi connectivity index (χ4n) is 3.19. The molecule has 4 nitrogen and oxygen atoms in total. The molecule has 0 atom stereocenters. The number of halogens is 1. The number of aryl methyl sites for hydroxylation is 1. The van der Waals surface area contributed by atoms with E-state index < -0.39 is 0 Å². The molecular formula is C22H24FN3O. The number of hydrogen-bond donors (Lipinski definition) is 1. The molecule has 1 heterocycles. The number of Topliss-reactive ketones (excluding diaryl/α,β-unsaturated/α-hetero) is 1. The van der Waals surface area contributed by atoms with E-state index in [1.165, 1.54) is 12.1 Å². The third kappa shape index (κ3) is 4.03.